The van der Waals surface area contributed by atoms with Crippen molar-refractivity contribution in [3.8, 4) is 5.69 Å². The van der Waals surface area contributed by atoms with Crippen molar-refractivity contribution in [3.63, 3.8) is 0 Å². The molecule has 0 unspecified atom stereocenters. The van der Waals surface area contributed by atoms with E-state index in [0.717, 1.165) is 11.6 Å². The van der Waals surface area contributed by atoms with E-state index in [1.807, 2.05) is 12.1 Å². The van der Waals surface area contributed by atoms with E-state index in [0.29, 0.717) is 0 Å². The van der Waals surface area contributed by atoms with Crippen LogP contribution in [0.5, 0.6) is 0 Å². The molecule has 0 atom stereocenters. The maximum absolute atomic E-state index is 3.83. The highest BCUT2D eigenvalue weighted by atomic mass is 32.2. The Bertz CT molecular complexity index is 423. The topological polar surface area (TPSA) is 46.8 Å². The maximum Gasteiger partial charge on any atom is 0.143 e. The quantitative estimate of drug-likeness (QED) is 0.590. The number of hydrogen-bond acceptors (Lipinski definition) is 5. The van der Waals surface area contributed by atoms with E-state index < -0.39 is 0 Å². The van der Waals surface area contributed by atoms with Crippen molar-refractivity contribution < 1.29 is 0 Å². The summed E-state index contributed by atoms with van der Waals surface area (Å²) in [5.74, 6) is 0.976. The van der Waals surface area contributed by atoms with Gasteiger partial charge in [0.1, 0.15) is 6.33 Å². The summed E-state index contributed by atoms with van der Waals surface area (Å²) in [4.78, 5) is 3.38. The second-order valence-corrected chi connectivity index (χ2v) is 4.62. The average Bonchev–Trinajstić information content (AvgIpc) is 2.80. The smallest absolute Gasteiger partial charge is 0.143 e. The largest absolute Gasteiger partial charge is 0.300 e. The van der Waals surface area contributed by atoms with Crippen molar-refractivity contribution in [1.82, 2.24) is 25.1 Å². The molecule has 0 aliphatic carbocycles. The van der Waals surface area contributed by atoms with Crippen LogP contribution < -0.4 is 0 Å². The van der Waals surface area contributed by atoms with Crippen LogP contribution in [-0.4, -0.2) is 45.1 Å². The van der Waals surface area contributed by atoms with Gasteiger partial charge < -0.3 is 0 Å². The van der Waals surface area contributed by atoms with Gasteiger partial charge in [-0.05, 0) is 48.8 Å². The van der Waals surface area contributed by atoms with E-state index in [1.54, 1.807) is 22.8 Å². The van der Waals surface area contributed by atoms with Gasteiger partial charge in [-0.15, -0.1) is 16.9 Å². The highest BCUT2D eigenvalue weighted by Crippen LogP contribution is 2.19. The Morgan fingerprint density at radius 2 is 2.00 bits per heavy atom. The molecule has 84 valence electrons. The predicted molar refractivity (Wildman–Crippen MR) is 63.6 cm³/mol. The summed E-state index contributed by atoms with van der Waals surface area (Å²) in [7, 11) is 4.12. The van der Waals surface area contributed by atoms with Gasteiger partial charge in [0.25, 0.3) is 0 Å². The maximum atomic E-state index is 3.83. The fourth-order valence-corrected chi connectivity index (χ4v) is 1.91. The van der Waals surface area contributed by atoms with Gasteiger partial charge in [-0.1, -0.05) is 0 Å². The lowest BCUT2D eigenvalue weighted by Crippen LogP contribution is -2.09. The van der Waals surface area contributed by atoms with Crippen molar-refractivity contribution >= 4 is 11.8 Å². The zero-order valence-electron chi connectivity index (χ0n) is 9.24. The number of nitrogens with zero attached hydrogens (tertiary/aromatic N) is 5. The molecule has 6 heteroatoms. The Kier molecular flexibility index (Phi) is 3.53. The highest BCUT2D eigenvalue weighted by Gasteiger charge is 1.99. The zero-order chi connectivity index (χ0) is 11.4. The minimum Gasteiger partial charge on any atom is -0.300 e. The zero-order valence-corrected chi connectivity index (χ0v) is 10.1. The van der Waals surface area contributed by atoms with E-state index in [-0.39, 0.29) is 0 Å². The molecule has 1 heterocycles. The van der Waals surface area contributed by atoms with Crippen LogP contribution in [0.2, 0.25) is 0 Å². The van der Waals surface area contributed by atoms with E-state index >= 15 is 0 Å². The highest BCUT2D eigenvalue weighted by molar-refractivity contribution is 7.99. The average molecular weight is 235 g/mol. The molecule has 0 fully saturated rings. The number of tetrazole rings is 1. The molecular formula is C10H13N5S. The number of thioether (sulfide) groups is 1. The first-order valence-electron chi connectivity index (χ1n) is 4.86. The summed E-state index contributed by atoms with van der Waals surface area (Å²) < 4.78 is 1.64. The third kappa shape index (κ3) is 2.80. The van der Waals surface area contributed by atoms with Crippen LogP contribution in [0.3, 0.4) is 0 Å². The van der Waals surface area contributed by atoms with Crippen LogP contribution in [-0.2, 0) is 0 Å². The van der Waals surface area contributed by atoms with E-state index in [2.05, 4.69) is 46.7 Å². The van der Waals surface area contributed by atoms with Gasteiger partial charge in [0.15, 0.2) is 0 Å². The van der Waals surface area contributed by atoms with Gasteiger partial charge in [0.05, 0.1) is 5.69 Å². The number of rotatable bonds is 4. The summed E-state index contributed by atoms with van der Waals surface area (Å²) in [6.07, 6.45) is 1.59. The molecule has 16 heavy (non-hydrogen) atoms. The van der Waals surface area contributed by atoms with Crippen molar-refractivity contribution in [2.75, 3.05) is 20.0 Å². The van der Waals surface area contributed by atoms with Crippen LogP contribution in [0.15, 0.2) is 35.5 Å². The van der Waals surface area contributed by atoms with E-state index in [1.165, 1.54) is 4.90 Å². The molecule has 0 spiro atoms. The molecule has 0 saturated carbocycles. The van der Waals surface area contributed by atoms with Crippen LogP contribution in [0, 0.1) is 0 Å². The lowest BCUT2D eigenvalue weighted by molar-refractivity contribution is 0.485. The van der Waals surface area contributed by atoms with E-state index in [4.69, 9.17) is 0 Å². The van der Waals surface area contributed by atoms with Crippen molar-refractivity contribution in [2.24, 2.45) is 0 Å². The fraction of sp³-hybridized carbons (Fsp3) is 0.300. The summed E-state index contributed by atoms with van der Waals surface area (Å²) in [6, 6.07) is 8.17. The molecule has 0 radical (unpaired) electrons. The summed E-state index contributed by atoms with van der Waals surface area (Å²) in [5.41, 5.74) is 0.971. The summed E-state index contributed by atoms with van der Waals surface area (Å²) in [6.45, 7) is 0. The Balaban J connectivity index is 2.05. The first-order valence-corrected chi connectivity index (χ1v) is 5.85. The molecule has 2 aromatic rings. The van der Waals surface area contributed by atoms with Gasteiger partial charge in [0, 0.05) is 10.8 Å². The monoisotopic (exact) mass is 235 g/mol. The van der Waals surface area contributed by atoms with Crippen LogP contribution in [0.25, 0.3) is 5.69 Å². The molecule has 0 N–H and O–H groups in total. The van der Waals surface area contributed by atoms with Crippen LogP contribution in [0.1, 0.15) is 0 Å². The molecule has 1 aromatic carbocycles. The van der Waals surface area contributed by atoms with Gasteiger partial charge in [-0.3, -0.25) is 4.90 Å². The SMILES string of the molecule is CN(C)CSc1ccc(-n2cnnn2)cc1. The van der Waals surface area contributed by atoms with Crippen molar-refractivity contribution in [1.29, 1.82) is 0 Å². The minimum atomic E-state index is 0.971. The Morgan fingerprint density at radius 1 is 1.25 bits per heavy atom. The van der Waals surface area contributed by atoms with Crippen LogP contribution in [0.4, 0.5) is 0 Å². The fourth-order valence-electron chi connectivity index (χ4n) is 1.18. The van der Waals surface area contributed by atoms with Crippen molar-refractivity contribution in [2.45, 2.75) is 4.90 Å². The second kappa shape index (κ2) is 5.09. The number of benzene rings is 1. The van der Waals surface area contributed by atoms with E-state index in [9.17, 15) is 0 Å². The second-order valence-electron chi connectivity index (χ2n) is 3.60. The first-order chi connectivity index (χ1) is 7.75. The Labute approximate surface area is 98.4 Å². The molecule has 0 amide bonds. The summed E-state index contributed by atoms with van der Waals surface area (Å²) in [5, 5.41) is 11.0. The normalized spacial score (nSPS) is 10.9. The molecule has 0 bridgehead atoms. The Hall–Kier alpha value is -1.40. The lowest BCUT2D eigenvalue weighted by Gasteiger charge is -2.08. The lowest BCUT2D eigenvalue weighted by atomic mass is 10.3. The molecule has 0 saturated heterocycles. The van der Waals surface area contributed by atoms with Gasteiger partial charge in [-0.2, -0.15) is 0 Å². The third-order valence-electron chi connectivity index (χ3n) is 1.94. The van der Waals surface area contributed by atoms with Crippen molar-refractivity contribution in [3.05, 3.63) is 30.6 Å². The minimum absolute atomic E-state index is 0.971. The predicted octanol–water partition coefficient (Wildman–Crippen LogP) is 1.27. The summed E-state index contributed by atoms with van der Waals surface area (Å²) >= 11 is 1.80. The molecule has 0 aliphatic rings. The van der Waals surface area contributed by atoms with Crippen LogP contribution >= 0.6 is 11.8 Å². The number of aromatic nitrogens is 4. The molecular weight excluding hydrogens is 222 g/mol. The molecule has 0 aliphatic heterocycles. The number of hydrogen-bond donors (Lipinski definition) is 0. The molecule has 5 nitrogen and oxygen atoms in total. The van der Waals surface area contributed by atoms with Gasteiger partial charge in [0.2, 0.25) is 0 Å². The third-order valence-corrected chi connectivity index (χ3v) is 3.19. The molecule has 2 rings (SSSR count). The first kappa shape index (κ1) is 11.1. The van der Waals surface area contributed by atoms with Gasteiger partial charge in [-0.25, -0.2) is 4.68 Å². The Morgan fingerprint density at radius 3 is 2.56 bits per heavy atom. The standard InChI is InChI=1S/C10H13N5S/c1-14(2)8-16-10-5-3-9(4-6-10)15-7-11-12-13-15/h3-7H,8H2,1-2H3. The molecule has 1 aromatic heterocycles. The van der Waals surface area contributed by atoms with Gasteiger partial charge >= 0.3 is 0 Å².